The molecule has 32 heavy (non-hydrogen) atoms. The molecule has 0 saturated carbocycles. The number of halogens is 1. The smallest absolute Gasteiger partial charge is 0.326 e. The number of hydrogen-bond acceptors (Lipinski definition) is 6. The highest BCUT2D eigenvalue weighted by Crippen LogP contribution is 2.33. The summed E-state index contributed by atoms with van der Waals surface area (Å²) in [6.07, 6.45) is 1.86. The molecule has 0 aliphatic carbocycles. The Bertz CT molecular complexity index is 1480. The number of benzene rings is 1. The molecular formula is C22H16ClN5O2S2. The van der Waals surface area contributed by atoms with E-state index in [1.54, 1.807) is 18.3 Å². The van der Waals surface area contributed by atoms with Crippen LogP contribution in [0.5, 0.6) is 0 Å². The van der Waals surface area contributed by atoms with E-state index in [4.69, 9.17) is 11.6 Å². The van der Waals surface area contributed by atoms with Gasteiger partial charge in [-0.05, 0) is 42.0 Å². The molecule has 0 unspecified atom stereocenters. The van der Waals surface area contributed by atoms with E-state index < -0.39 is 0 Å². The molecule has 160 valence electrons. The minimum absolute atomic E-state index is 0.159. The molecule has 5 aromatic rings. The average Bonchev–Trinajstić information content (AvgIpc) is 3.49. The highest BCUT2D eigenvalue weighted by molar-refractivity contribution is 7.23. The van der Waals surface area contributed by atoms with Crippen molar-refractivity contribution in [3.8, 4) is 9.88 Å². The van der Waals surface area contributed by atoms with Crippen molar-refractivity contribution in [2.24, 2.45) is 0 Å². The van der Waals surface area contributed by atoms with Crippen molar-refractivity contribution in [1.29, 1.82) is 0 Å². The normalized spacial score (nSPS) is 11.2. The van der Waals surface area contributed by atoms with Crippen LogP contribution in [0.2, 0.25) is 4.34 Å². The zero-order valence-electron chi connectivity index (χ0n) is 16.6. The monoisotopic (exact) mass is 481 g/mol. The maximum absolute atomic E-state index is 12.5. The number of nitrogens with zero attached hydrogens (tertiary/aromatic N) is 4. The zero-order chi connectivity index (χ0) is 22.1. The molecule has 1 aromatic carbocycles. The van der Waals surface area contributed by atoms with Gasteiger partial charge in [0.1, 0.15) is 5.01 Å². The predicted octanol–water partition coefficient (Wildman–Crippen LogP) is 4.56. The molecule has 0 aliphatic heterocycles. The van der Waals surface area contributed by atoms with Crippen LogP contribution in [0, 0.1) is 0 Å². The number of rotatable bonds is 6. The van der Waals surface area contributed by atoms with Crippen molar-refractivity contribution in [2.75, 3.05) is 5.32 Å². The van der Waals surface area contributed by atoms with Crippen molar-refractivity contribution in [3.05, 3.63) is 92.3 Å². The van der Waals surface area contributed by atoms with E-state index in [0.29, 0.717) is 27.9 Å². The van der Waals surface area contributed by atoms with Gasteiger partial charge in [-0.25, -0.2) is 14.5 Å². The van der Waals surface area contributed by atoms with E-state index >= 15 is 0 Å². The summed E-state index contributed by atoms with van der Waals surface area (Å²) >= 11 is 8.94. The molecule has 0 saturated heterocycles. The molecule has 7 nitrogen and oxygen atoms in total. The van der Waals surface area contributed by atoms with Gasteiger partial charge in [0, 0.05) is 17.3 Å². The summed E-state index contributed by atoms with van der Waals surface area (Å²) in [4.78, 5) is 30.6. The first-order valence-electron chi connectivity index (χ1n) is 9.68. The number of thiophene rings is 1. The SMILES string of the molecule is O=C(Cc1csc(-c2ccc(Cl)s2)n1)Nc1cccc(Cn2nc3ccccn3c2=O)c1. The van der Waals surface area contributed by atoms with Gasteiger partial charge in [-0.2, -0.15) is 0 Å². The lowest BCUT2D eigenvalue weighted by Crippen LogP contribution is -2.21. The van der Waals surface area contributed by atoms with Crippen molar-refractivity contribution in [3.63, 3.8) is 0 Å². The maximum atomic E-state index is 12.5. The van der Waals surface area contributed by atoms with Crippen LogP contribution in [0.1, 0.15) is 11.3 Å². The van der Waals surface area contributed by atoms with Crippen LogP contribution in [-0.4, -0.2) is 25.1 Å². The van der Waals surface area contributed by atoms with Gasteiger partial charge < -0.3 is 5.32 Å². The number of thiazole rings is 1. The molecule has 5 rings (SSSR count). The molecule has 4 aromatic heterocycles. The zero-order valence-corrected chi connectivity index (χ0v) is 19.0. The molecule has 10 heteroatoms. The van der Waals surface area contributed by atoms with Crippen LogP contribution < -0.4 is 11.0 Å². The molecule has 1 N–H and O–H groups in total. The number of nitrogens with one attached hydrogen (secondary N) is 1. The summed E-state index contributed by atoms with van der Waals surface area (Å²) in [5, 5.41) is 9.99. The summed E-state index contributed by atoms with van der Waals surface area (Å²) in [5.74, 6) is -0.159. The Morgan fingerprint density at radius 3 is 2.84 bits per heavy atom. The van der Waals surface area contributed by atoms with E-state index in [1.807, 2.05) is 47.8 Å². The first-order chi connectivity index (χ1) is 15.5. The molecule has 0 spiro atoms. The van der Waals surface area contributed by atoms with Gasteiger partial charge in [0.25, 0.3) is 0 Å². The van der Waals surface area contributed by atoms with Gasteiger partial charge in [0.15, 0.2) is 5.65 Å². The van der Waals surface area contributed by atoms with Crippen LogP contribution in [0.25, 0.3) is 15.5 Å². The molecule has 0 fully saturated rings. The minimum atomic E-state index is -0.207. The van der Waals surface area contributed by atoms with Gasteiger partial charge in [0.05, 0.1) is 27.9 Å². The highest BCUT2D eigenvalue weighted by Gasteiger charge is 2.12. The fraction of sp³-hybridized carbons (Fsp3) is 0.0909. The second kappa shape index (κ2) is 8.70. The van der Waals surface area contributed by atoms with Crippen LogP contribution in [-0.2, 0) is 17.8 Å². The van der Waals surface area contributed by atoms with E-state index in [9.17, 15) is 9.59 Å². The highest BCUT2D eigenvalue weighted by atomic mass is 35.5. The van der Waals surface area contributed by atoms with E-state index in [-0.39, 0.29) is 18.0 Å². The van der Waals surface area contributed by atoms with Gasteiger partial charge in [-0.15, -0.1) is 27.8 Å². The average molecular weight is 482 g/mol. The largest absolute Gasteiger partial charge is 0.350 e. The standard InChI is InChI=1S/C22H16ClN5O2S2/c23-18-8-7-17(32-18)21-25-16(13-31-21)11-20(29)24-15-5-3-4-14(10-15)12-28-22(30)27-9-2-1-6-19(27)26-28/h1-10,13H,11-12H2,(H,24,29). The Morgan fingerprint density at radius 2 is 2.03 bits per heavy atom. The van der Waals surface area contributed by atoms with Crippen molar-refractivity contribution in [1.82, 2.24) is 19.2 Å². The number of fused-ring (bicyclic) bond motifs is 1. The van der Waals surface area contributed by atoms with Crippen molar-refractivity contribution in [2.45, 2.75) is 13.0 Å². The third-order valence-corrected chi connectivity index (χ3v) is 7.00. The number of pyridine rings is 1. The van der Waals surface area contributed by atoms with Crippen LogP contribution >= 0.6 is 34.3 Å². The summed E-state index contributed by atoms with van der Waals surface area (Å²) in [6.45, 7) is 0.309. The Morgan fingerprint density at radius 1 is 1.12 bits per heavy atom. The fourth-order valence-corrected chi connectivity index (χ4v) is 5.23. The number of hydrogen-bond donors (Lipinski definition) is 1. The fourth-order valence-electron chi connectivity index (χ4n) is 3.29. The van der Waals surface area contributed by atoms with Gasteiger partial charge in [-0.1, -0.05) is 29.8 Å². The predicted molar refractivity (Wildman–Crippen MR) is 128 cm³/mol. The van der Waals surface area contributed by atoms with Crippen molar-refractivity contribution < 1.29 is 4.79 Å². The molecule has 0 aliphatic rings. The lowest BCUT2D eigenvalue weighted by molar-refractivity contribution is -0.115. The molecule has 0 radical (unpaired) electrons. The van der Waals surface area contributed by atoms with E-state index in [1.165, 1.54) is 31.8 Å². The maximum Gasteiger partial charge on any atom is 0.350 e. The summed E-state index contributed by atoms with van der Waals surface area (Å²) in [7, 11) is 0. The van der Waals surface area contributed by atoms with Crippen molar-refractivity contribution >= 4 is 51.5 Å². The van der Waals surface area contributed by atoms with Gasteiger partial charge >= 0.3 is 5.69 Å². The topological polar surface area (TPSA) is 81.3 Å². The van der Waals surface area contributed by atoms with Gasteiger partial charge in [0.2, 0.25) is 5.91 Å². The Kier molecular flexibility index (Phi) is 5.60. The minimum Gasteiger partial charge on any atom is -0.326 e. The third kappa shape index (κ3) is 4.36. The van der Waals surface area contributed by atoms with Gasteiger partial charge in [-0.3, -0.25) is 9.20 Å². The third-order valence-electron chi connectivity index (χ3n) is 4.71. The molecule has 0 atom stereocenters. The van der Waals surface area contributed by atoms with Crippen LogP contribution in [0.15, 0.2) is 71.0 Å². The number of aromatic nitrogens is 4. The number of anilines is 1. The second-order valence-corrected chi connectivity index (χ2v) is 9.62. The Hall–Kier alpha value is -3.27. The summed E-state index contributed by atoms with van der Waals surface area (Å²) in [5.41, 5.74) is 2.61. The second-order valence-electron chi connectivity index (χ2n) is 7.04. The summed E-state index contributed by atoms with van der Waals surface area (Å²) < 4.78 is 3.61. The first-order valence-corrected chi connectivity index (χ1v) is 11.8. The van der Waals surface area contributed by atoms with Crippen LogP contribution in [0.4, 0.5) is 5.69 Å². The first kappa shape index (κ1) is 20.6. The molecule has 1 amide bonds. The molecule has 0 bridgehead atoms. The van der Waals surface area contributed by atoms with E-state index in [0.717, 1.165) is 15.4 Å². The lowest BCUT2D eigenvalue weighted by atomic mass is 10.2. The Labute approximate surface area is 195 Å². The summed E-state index contributed by atoms with van der Waals surface area (Å²) in [6, 6.07) is 16.6. The number of carbonyl (C=O) groups is 1. The Balaban J connectivity index is 1.26. The lowest BCUT2D eigenvalue weighted by Gasteiger charge is -2.07. The van der Waals surface area contributed by atoms with Crippen LogP contribution in [0.3, 0.4) is 0 Å². The van der Waals surface area contributed by atoms with E-state index in [2.05, 4.69) is 15.4 Å². The number of amides is 1. The molecular weight excluding hydrogens is 466 g/mol. The molecule has 4 heterocycles. The quantitative estimate of drug-likeness (QED) is 0.385. The number of carbonyl (C=O) groups excluding carboxylic acids is 1.